The number of halogens is 2. The molecule has 0 amide bonds. The highest BCUT2D eigenvalue weighted by molar-refractivity contribution is 6.39. The number of hydrogen-bond acceptors (Lipinski definition) is 3. The molecule has 3 aromatic rings. The minimum absolute atomic E-state index is 0.104. The highest BCUT2D eigenvalue weighted by Crippen LogP contribution is 2.37. The maximum absolute atomic E-state index is 12.6. The monoisotopic (exact) mass is 376 g/mol. The highest BCUT2D eigenvalue weighted by Gasteiger charge is 2.18. The lowest BCUT2D eigenvalue weighted by molar-refractivity contribution is 0.0922. The molecule has 0 fully saturated rings. The van der Waals surface area contributed by atoms with Crippen molar-refractivity contribution < 1.29 is 9.53 Å². The number of fused-ring (bicyclic) bond motifs is 1. The van der Waals surface area contributed by atoms with E-state index >= 15 is 0 Å². The number of aryl methyl sites for hydroxylation is 2. The molecule has 1 aromatic carbocycles. The molecule has 0 aliphatic carbocycles. The molecular formula is C19H18Cl2N2O2. The Kier molecular flexibility index (Phi) is 4.76. The zero-order chi connectivity index (χ0) is 18.3. The first-order chi connectivity index (χ1) is 11.8. The molecule has 0 saturated carbocycles. The summed E-state index contributed by atoms with van der Waals surface area (Å²) in [6.07, 6.45) is 0. The van der Waals surface area contributed by atoms with Crippen molar-refractivity contribution in [3.05, 3.63) is 57.0 Å². The van der Waals surface area contributed by atoms with E-state index in [1.165, 1.54) is 0 Å². The van der Waals surface area contributed by atoms with Gasteiger partial charge >= 0.3 is 0 Å². The lowest BCUT2D eigenvalue weighted by Gasteiger charge is -2.12. The quantitative estimate of drug-likeness (QED) is 0.597. The molecule has 0 atom stereocenters. The number of aromatic nitrogens is 2. The fraction of sp³-hybridized carbons (Fsp3) is 0.263. The summed E-state index contributed by atoms with van der Waals surface area (Å²) in [5.41, 5.74) is 3.96. The van der Waals surface area contributed by atoms with Gasteiger partial charge in [-0.05, 0) is 45.0 Å². The van der Waals surface area contributed by atoms with E-state index in [2.05, 4.69) is 4.98 Å². The number of ketones is 1. The third-order valence-electron chi connectivity index (χ3n) is 4.40. The standard InChI is InChI=1S/C19H18Cl2N2O2/c1-10-5-6-13-15(20)8-16(21)19(18(13)22-10)25-9-17(24)14-7-11(2)23(4)12(14)3/h5-8H,9H2,1-4H3. The molecule has 6 heteroatoms. The van der Waals surface area contributed by atoms with E-state index < -0.39 is 0 Å². The van der Waals surface area contributed by atoms with Crippen LogP contribution in [0.25, 0.3) is 10.9 Å². The van der Waals surface area contributed by atoms with Crippen LogP contribution >= 0.6 is 23.2 Å². The third kappa shape index (κ3) is 3.24. The van der Waals surface area contributed by atoms with Gasteiger partial charge in [-0.3, -0.25) is 4.79 Å². The van der Waals surface area contributed by atoms with Crippen LogP contribution in [0, 0.1) is 20.8 Å². The molecule has 2 aromatic heterocycles. The van der Waals surface area contributed by atoms with Gasteiger partial charge in [0.25, 0.3) is 0 Å². The summed E-state index contributed by atoms with van der Waals surface area (Å²) < 4.78 is 7.74. The van der Waals surface area contributed by atoms with E-state index in [1.807, 2.05) is 50.6 Å². The Labute approximate surface area is 156 Å². The summed E-state index contributed by atoms with van der Waals surface area (Å²) in [5, 5.41) is 1.58. The van der Waals surface area contributed by atoms with E-state index in [1.54, 1.807) is 6.07 Å². The molecule has 0 aliphatic rings. The Morgan fingerprint density at radius 1 is 1.16 bits per heavy atom. The molecule has 130 valence electrons. The zero-order valence-corrected chi connectivity index (χ0v) is 16.0. The van der Waals surface area contributed by atoms with E-state index in [0.29, 0.717) is 26.9 Å². The molecule has 0 unspecified atom stereocenters. The summed E-state index contributed by atoms with van der Waals surface area (Å²) in [6.45, 7) is 5.63. The van der Waals surface area contributed by atoms with Crippen molar-refractivity contribution in [2.24, 2.45) is 7.05 Å². The number of nitrogens with zero attached hydrogens (tertiary/aromatic N) is 2. The lowest BCUT2D eigenvalue weighted by atomic mass is 10.1. The highest BCUT2D eigenvalue weighted by atomic mass is 35.5. The maximum Gasteiger partial charge on any atom is 0.202 e. The fourth-order valence-corrected chi connectivity index (χ4v) is 3.35. The van der Waals surface area contributed by atoms with Gasteiger partial charge in [-0.2, -0.15) is 0 Å². The van der Waals surface area contributed by atoms with Gasteiger partial charge in [0, 0.05) is 35.1 Å². The van der Waals surface area contributed by atoms with Crippen molar-refractivity contribution in [1.29, 1.82) is 0 Å². The van der Waals surface area contributed by atoms with Crippen LogP contribution in [0.15, 0.2) is 24.3 Å². The van der Waals surface area contributed by atoms with Crippen molar-refractivity contribution in [2.45, 2.75) is 20.8 Å². The molecule has 4 nitrogen and oxygen atoms in total. The van der Waals surface area contributed by atoms with Crippen LogP contribution in [0.4, 0.5) is 0 Å². The minimum Gasteiger partial charge on any atom is -0.482 e. The van der Waals surface area contributed by atoms with E-state index in [9.17, 15) is 4.79 Å². The number of rotatable bonds is 4. The largest absolute Gasteiger partial charge is 0.482 e. The number of carbonyl (C=O) groups excluding carboxylic acids is 1. The fourth-order valence-electron chi connectivity index (χ4n) is 2.78. The zero-order valence-electron chi connectivity index (χ0n) is 14.5. The molecule has 0 N–H and O–H groups in total. The normalized spacial score (nSPS) is 11.1. The topological polar surface area (TPSA) is 44.1 Å². The average molecular weight is 377 g/mol. The Balaban J connectivity index is 1.94. The van der Waals surface area contributed by atoms with Crippen molar-refractivity contribution in [1.82, 2.24) is 9.55 Å². The molecule has 2 heterocycles. The van der Waals surface area contributed by atoms with Crippen LogP contribution in [-0.4, -0.2) is 21.9 Å². The van der Waals surface area contributed by atoms with Gasteiger partial charge in [0.2, 0.25) is 5.78 Å². The first-order valence-corrected chi connectivity index (χ1v) is 8.59. The number of ether oxygens (including phenoxy) is 1. The van der Waals surface area contributed by atoms with Gasteiger partial charge in [-0.1, -0.05) is 23.2 Å². The van der Waals surface area contributed by atoms with E-state index in [-0.39, 0.29) is 12.4 Å². The van der Waals surface area contributed by atoms with Gasteiger partial charge in [0.15, 0.2) is 12.4 Å². The molecule has 0 aliphatic heterocycles. The molecule has 3 rings (SSSR count). The number of benzene rings is 1. The van der Waals surface area contributed by atoms with Gasteiger partial charge in [0.05, 0.1) is 10.0 Å². The van der Waals surface area contributed by atoms with Crippen LogP contribution in [0.1, 0.15) is 27.4 Å². The van der Waals surface area contributed by atoms with E-state index in [4.69, 9.17) is 27.9 Å². The number of pyridine rings is 1. The number of Topliss-reactive ketones (excluding diaryl/α,β-unsaturated/α-hetero) is 1. The first kappa shape index (κ1) is 17.8. The summed E-state index contributed by atoms with van der Waals surface area (Å²) >= 11 is 12.5. The first-order valence-electron chi connectivity index (χ1n) is 7.84. The minimum atomic E-state index is -0.115. The van der Waals surface area contributed by atoms with E-state index in [0.717, 1.165) is 22.5 Å². The van der Waals surface area contributed by atoms with Crippen molar-refractivity contribution in [3.63, 3.8) is 0 Å². The predicted molar refractivity (Wildman–Crippen MR) is 101 cm³/mol. The van der Waals surface area contributed by atoms with Crippen LogP contribution < -0.4 is 4.74 Å². The Hall–Kier alpha value is -2.04. The molecule has 25 heavy (non-hydrogen) atoms. The Morgan fingerprint density at radius 3 is 2.52 bits per heavy atom. The molecule has 0 radical (unpaired) electrons. The smallest absolute Gasteiger partial charge is 0.202 e. The lowest BCUT2D eigenvalue weighted by Crippen LogP contribution is -2.13. The van der Waals surface area contributed by atoms with Gasteiger partial charge < -0.3 is 9.30 Å². The third-order valence-corrected chi connectivity index (χ3v) is 4.99. The second-order valence-corrected chi connectivity index (χ2v) is 6.89. The average Bonchev–Trinajstić information content (AvgIpc) is 2.81. The predicted octanol–water partition coefficient (Wildman–Crippen LogP) is 5.07. The maximum atomic E-state index is 12.6. The summed E-state index contributed by atoms with van der Waals surface area (Å²) in [4.78, 5) is 17.0. The second kappa shape index (κ2) is 6.70. The molecule has 0 spiro atoms. The second-order valence-electron chi connectivity index (χ2n) is 6.07. The molecular weight excluding hydrogens is 359 g/mol. The molecule has 0 bridgehead atoms. The van der Waals surface area contributed by atoms with Crippen molar-refractivity contribution >= 4 is 39.9 Å². The van der Waals surface area contributed by atoms with Crippen LogP contribution in [-0.2, 0) is 7.05 Å². The Morgan fingerprint density at radius 2 is 1.88 bits per heavy atom. The van der Waals surface area contributed by atoms with Gasteiger partial charge in [-0.25, -0.2) is 4.98 Å². The SMILES string of the molecule is Cc1ccc2c(Cl)cc(Cl)c(OCC(=O)c3cc(C)n(C)c3C)c2n1. The van der Waals surface area contributed by atoms with Crippen LogP contribution in [0.5, 0.6) is 5.75 Å². The summed E-state index contributed by atoms with van der Waals surface area (Å²) in [7, 11) is 1.93. The van der Waals surface area contributed by atoms with Gasteiger partial charge in [-0.15, -0.1) is 0 Å². The van der Waals surface area contributed by atoms with Gasteiger partial charge in [0.1, 0.15) is 5.52 Å². The summed E-state index contributed by atoms with van der Waals surface area (Å²) in [6, 6.07) is 7.22. The van der Waals surface area contributed by atoms with Crippen LogP contribution in [0.2, 0.25) is 10.0 Å². The molecule has 0 saturated heterocycles. The van der Waals surface area contributed by atoms with Crippen molar-refractivity contribution in [3.8, 4) is 5.75 Å². The Bertz CT molecular complexity index is 993. The number of hydrogen-bond donors (Lipinski definition) is 0. The number of carbonyl (C=O) groups is 1. The van der Waals surface area contributed by atoms with Crippen molar-refractivity contribution in [2.75, 3.05) is 6.61 Å². The summed E-state index contributed by atoms with van der Waals surface area (Å²) in [5.74, 6) is 0.274. The van der Waals surface area contributed by atoms with Crippen LogP contribution in [0.3, 0.4) is 0 Å².